The molecule has 6 heteroatoms. The van der Waals surface area contributed by atoms with Gasteiger partial charge in [0.2, 0.25) is 0 Å². The molecule has 2 aromatic rings. The zero-order chi connectivity index (χ0) is 16.7. The topological polar surface area (TPSA) is 50.4 Å². The molecule has 0 heterocycles. The summed E-state index contributed by atoms with van der Waals surface area (Å²) in [6, 6.07) is 12.5. The summed E-state index contributed by atoms with van der Waals surface area (Å²) in [4.78, 5) is 11.9. The lowest BCUT2D eigenvalue weighted by Crippen LogP contribution is -2.34. The van der Waals surface area contributed by atoms with E-state index in [4.69, 9.17) is 17.0 Å². The largest absolute Gasteiger partial charge is 0.494 e. The number of thiocarbonyl (C=S) groups is 1. The van der Waals surface area contributed by atoms with E-state index in [0.29, 0.717) is 12.2 Å². The van der Waals surface area contributed by atoms with Crippen LogP contribution in [0.3, 0.4) is 0 Å². The van der Waals surface area contributed by atoms with E-state index in [2.05, 4.69) is 10.6 Å². The molecule has 1 amide bonds. The molecule has 120 valence electrons. The van der Waals surface area contributed by atoms with Gasteiger partial charge in [-0.2, -0.15) is 0 Å². The number of halogens is 1. The highest BCUT2D eigenvalue weighted by atomic mass is 32.1. The molecule has 0 aliphatic heterocycles. The molecule has 0 aliphatic carbocycles. The van der Waals surface area contributed by atoms with Crippen molar-refractivity contribution >= 4 is 28.9 Å². The number of hydrogen-bond acceptors (Lipinski definition) is 3. The maximum Gasteiger partial charge on any atom is 0.257 e. The van der Waals surface area contributed by atoms with Gasteiger partial charge in [0.25, 0.3) is 5.91 Å². The lowest BCUT2D eigenvalue weighted by atomic mass is 10.2. The highest BCUT2D eigenvalue weighted by molar-refractivity contribution is 7.80. The summed E-state index contributed by atoms with van der Waals surface area (Å²) in [5.41, 5.74) is 1.07. The lowest BCUT2D eigenvalue weighted by molar-refractivity contribution is 0.0977. The summed E-state index contributed by atoms with van der Waals surface area (Å²) >= 11 is 5.09. The lowest BCUT2D eigenvalue weighted by Gasteiger charge is -2.10. The van der Waals surface area contributed by atoms with Gasteiger partial charge in [-0.15, -0.1) is 0 Å². The standard InChI is InChI=1S/C17H17FN2O2S/c1-2-11-22-15-9-7-14(8-10-15)19-17(23)20-16(21)12-3-5-13(18)6-4-12/h3-10H,2,11H2,1H3,(H2,19,20,21,23). The van der Waals surface area contributed by atoms with Gasteiger partial charge in [0.15, 0.2) is 5.11 Å². The van der Waals surface area contributed by atoms with Gasteiger partial charge < -0.3 is 10.1 Å². The normalized spacial score (nSPS) is 10.0. The van der Waals surface area contributed by atoms with Crippen molar-refractivity contribution in [3.05, 3.63) is 59.9 Å². The molecule has 0 aliphatic rings. The van der Waals surface area contributed by atoms with Crippen molar-refractivity contribution < 1.29 is 13.9 Å². The van der Waals surface area contributed by atoms with Gasteiger partial charge in [0.05, 0.1) is 6.61 Å². The molecule has 2 rings (SSSR count). The Kier molecular flexibility index (Phi) is 6.05. The highest BCUT2D eigenvalue weighted by Gasteiger charge is 2.08. The average Bonchev–Trinajstić information content (AvgIpc) is 2.54. The summed E-state index contributed by atoms with van der Waals surface area (Å²) in [5.74, 6) is -0.0169. The first-order chi connectivity index (χ1) is 11.1. The van der Waals surface area contributed by atoms with Gasteiger partial charge in [-0.05, 0) is 67.2 Å². The summed E-state index contributed by atoms with van der Waals surface area (Å²) < 4.78 is 18.3. The molecule has 0 saturated heterocycles. The van der Waals surface area contributed by atoms with E-state index < -0.39 is 11.7 Å². The number of nitrogens with one attached hydrogen (secondary N) is 2. The van der Waals surface area contributed by atoms with Gasteiger partial charge in [0, 0.05) is 11.3 Å². The predicted molar refractivity (Wildman–Crippen MR) is 92.3 cm³/mol. The number of hydrogen-bond donors (Lipinski definition) is 2. The molecule has 0 unspecified atom stereocenters. The SMILES string of the molecule is CCCOc1ccc(NC(=S)NC(=O)c2ccc(F)cc2)cc1. The molecule has 0 spiro atoms. The van der Waals surface area contributed by atoms with Crippen molar-refractivity contribution in [3.8, 4) is 5.75 Å². The van der Waals surface area contributed by atoms with Gasteiger partial charge in [0.1, 0.15) is 11.6 Å². The fourth-order valence-corrected chi connectivity index (χ4v) is 2.00. The minimum absolute atomic E-state index is 0.168. The number of carbonyl (C=O) groups excluding carboxylic acids is 1. The van der Waals surface area contributed by atoms with Crippen molar-refractivity contribution in [2.75, 3.05) is 11.9 Å². The Morgan fingerprint density at radius 1 is 1.13 bits per heavy atom. The second-order valence-electron chi connectivity index (χ2n) is 4.79. The summed E-state index contributed by atoms with van der Waals surface area (Å²) in [5, 5.41) is 5.62. The van der Waals surface area contributed by atoms with Crippen LogP contribution >= 0.6 is 12.2 Å². The van der Waals surface area contributed by atoms with Crippen molar-refractivity contribution in [3.63, 3.8) is 0 Å². The van der Waals surface area contributed by atoms with Crippen LogP contribution in [0.25, 0.3) is 0 Å². The first kappa shape index (κ1) is 16.9. The smallest absolute Gasteiger partial charge is 0.257 e. The van der Waals surface area contributed by atoms with Crippen molar-refractivity contribution in [2.24, 2.45) is 0 Å². The molecule has 0 radical (unpaired) electrons. The number of anilines is 1. The maximum atomic E-state index is 12.8. The minimum atomic E-state index is -0.398. The Hall–Kier alpha value is -2.47. The second kappa shape index (κ2) is 8.24. The minimum Gasteiger partial charge on any atom is -0.494 e. The Morgan fingerprint density at radius 3 is 2.39 bits per heavy atom. The monoisotopic (exact) mass is 332 g/mol. The van der Waals surface area contributed by atoms with E-state index in [1.54, 1.807) is 12.1 Å². The highest BCUT2D eigenvalue weighted by Crippen LogP contribution is 2.15. The zero-order valence-electron chi connectivity index (χ0n) is 12.6. The molecule has 0 saturated carbocycles. The Morgan fingerprint density at radius 2 is 1.78 bits per heavy atom. The van der Waals surface area contributed by atoms with Gasteiger partial charge >= 0.3 is 0 Å². The first-order valence-corrected chi connectivity index (χ1v) is 7.60. The number of amides is 1. The fraction of sp³-hybridized carbons (Fsp3) is 0.176. The van der Waals surface area contributed by atoms with E-state index >= 15 is 0 Å². The number of benzene rings is 2. The van der Waals surface area contributed by atoms with Crippen LogP contribution in [-0.4, -0.2) is 17.6 Å². The third-order valence-corrected chi connectivity index (χ3v) is 3.12. The van der Waals surface area contributed by atoms with E-state index in [0.717, 1.165) is 17.9 Å². The van der Waals surface area contributed by atoms with Crippen LogP contribution in [0, 0.1) is 5.82 Å². The third kappa shape index (κ3) is 5.34. The van der Waals surface area contributed by atoms with Crippen LogP contribution in [0.15, 0.2) is 48.5 Å². The van der Waals surface area contributed by atoms with Crippen molar-refractivity contribution in [1.29, 1.82) is 0 Å². The number of ether oxygens (including phenoxy) is 1. The number of carbonyl (C=O) groups is 1. The molecule has 2 N–H and O–H groups in total. The van der Waals surface area contributed by atoms with Crippen LogP contribution in [0.1, 0.15) is 23.7 Å². The van der Waals surface area contributed by atoms with Crippen LogP contribution in [0.5, 0.6) is 5.75 Å². The molecular weight excluding hydrogens is 315 g/mol. The molecule has 2 aromatic carbocycles. The molecule has 4 nitrogen and oxygen atoms in total. The molecule has 0 aromatic heterocycles. The molecule has 0 atom stereocenters. The van der Waals surface area contributed by atoms with Gasteiger partial charge in [-0.3, -0.25) is 10.1 Å². The maximum absolute atomic E-state index is 12.8. The van der Waals surface area contributed by atoms with E-state index in [9.17, 15) is 9.18 Å². The second-order valence-corrected chi connectivity index (χ2v) is 5.20. The summed E-state index contributed by atoms with van der Waals surface area (Å²) in [6.45, 7) is 2.71. The molecule has 0 bridgehead atoms. The van der Waals surface area contributed by atoms with E-state index in [1.165, 1.54) is 24.3 Å². The van der Waals surface area contributed by atoms with Crippen molar-refractivity contribution in [2.45, 2.75) is 13.3 Å². The Balaban J connectivity index is 1.88. The quantitative estimate of drug-likeness (QED) is 0.819. The van der Waals surface area contributed by atoms with Crippen molar-refractivity contribution in [1.82, 2.24) is 5.32 Å². The van der Waals surface area contributed by atoms with Crippen LogP contribution in [0.2, 0.25) is 0 Å². The average molecular weight is 332 g/mol. The van der Waals surface area contributed by atoms with Gasteiger partial charge in [-0.1, -0.05) is 6.92 Å². The Bertz CT molecular complexity index is 672. The van der Waals surface area contributed by atoms with Crippen LogP contribution in [0.4, 0.5) is 10.1 Å². The summed E-state index contributed by atoms with van der Waals surface area (Å²) in [7, 11) is 0. The van der Waals surface area contributed by atoms with E-state index in [1.807, 2.05) is 19.1 Å². The predicted octanol–water partition coefficient (Wildman–Crippen LogP) is 3.74. The molecular formula is C17H17FN2O2S. The van der Waals surface area contributed by atoms with Crippen LogP contribution < -0.4 is 15.4 Å². The molecule has 23 heavy (non-hydrogen) atoms. The Labute approximate surface area is 139 Å². The number of rotatable bonds is 5. The molecule has 0 fully saturated rings. The van der Waals surface area contributed by atoms with Crippen LogP contribution in [-0.2, 0) is 0 Å². The van der Waals surface area contributed by atoms with Gasteiger partial charge in [-0.25, -0.2) is 4.39 Å². The zero-order valence-corrected chi connectivity index (χ0v) is 13.5. The first-order valence-electron chi connectivity index (χ1n) is 7.19. The summed E-state index contributed by atoms with van der Waals surface area (Å²) in [6.07, 6.45) is 0.944. The fourth-order valence-electron chi connectivity index (χ4n) is 1.79. The van der Waals surface area contributed by atoms with E-state index in [-0.39, 0.29) is 5.11 Å². The third-order valence-electron chi connectivity index (χ3n) is 2.92.